The van der Waals surface area contributed by atoms with Crippen LogP contribution in [0.1, 0.15) is 0 Å². The summed E-state index contributed by atoms with van der Waals surface area (Å²) in [6, 6.07) is 18.9. The molecule has 168 valence electrons. The van der Waals surface area contributed by atoms with Gasteiger partial charge in [0.25, 0.3) is 0 Å². The van der Waals surface area contributed by atoms with Gasteiger partial charge in [-0.05, 0) is 60.7 Å². The first-order valence-corrected chi connectivity index (χ1v) is 9.87. The number of rotatable bonds is 6. The summed E-state index contributed by atoms with van der Waals surface area (Å²) >= 11 is 0. The summed E-state index contributed by atoms with van der Waals surface area (Å²) in [5.41, 5.74) is 2.60. The fourth-order valence-electron chi connectivity index (χ4n) is 2.97. The number of aromatic nitrogens is 2. The minimum atomic E-state index is -0.614. The van der Waals surface area contributed by atoms with Crippen LogP contribution in [-0.4, -0.2) is 36.3 Å². The highest BCUT2D eigenvalue weighted by Crippen LogP contribution is 2.26. The molecule has 0 aliphatic heterocycles. The van der Waals surface area contributed by atoms with E-state index in [0.29, 0.717) is 39.7 Å². The molecular formula is C23H21N5O5. The number of carbonyl (C=O) groups excluding carboxylic acids is 2. The smallest absolute Gasteiger partial charge is 0.413 e. The second-order valence-electron chi connectivity index (χ2n) is 6.82. The predicted molar refractivity (Wildman–Crippen MR) is 124 cm³/mol. The van der Waals surface area contributed by atoms with Crippen LogP contribution in [0.5, 0.6) is 17.2 Å². The highest BCUT2D eigenvalue weighted by molar-refractivity contribution is 5.99. The van der Waals surface area contributed by atoms with Gasteiger partial charge in [0.1, 0.15) is 17.2 Å². The first kappa shape index (κ1) is 21.5. The minimum Gasteiger partial charge on any atom is -0.497 e. The second-order valence-corrected chi connectivity index (χ2v) is 6.82. The number of nitrogens with zero attached hydrogens (tertiary/aromatic N) is 1. The van der Waals surface area contributed by atoms with E-state index in [4.69, 9.17) is 9.47 Å². The van der Waals surface area contributed by atoms with Gasteiger partial charge in [-0.15, -0.1) is 0 Å². The Hall–Kier alpha value is -4.73. The Morgan fingerprint density at radius 2 is 1.39 bits per heavy atom. The molecule has 4 N–H and O–H groups in total. The van der Waals surface area contributed by atoms with Crippen molar-refractivity contribution in [3.63, 3.8) is 0 Å². The number of nitrogens with one attached hydrogen (secondary N) is 4. The molecule has 1 aromatic heterocycles. The van der Waals surface area contributed by atoms with Crippen LogP contribution in [0, 0.1) is 0 Å². The number of ether oxygens (including phenoxy) is 3. The van der Waals surface area contributed by atoms with Gasteiger partial charge in [0, 0.05) is 17.4 Å². The van der Waals surface area contributed by atoms with Crippen molar-refractivity contribution in [1.82, 2.24) is 9.97 Å². The molecule has 0 saturated heterocycles. The van der Waals surface area contributed by atoms with Crippen LogP contribution >= 0.6 is 0 Å². The average molecular weight is 447 g/mol. The van der Waals surface area contributed by atoms with Crippen molar-refractivity contribution in [2.45, 2.75) is 0 Å². The maximum absolute atomic E-state index is 12.2. The summed E-state index contributed by atoms with van der Waals surface area (Å²) < 4.78 is 15.5. The Morgan fingerprint density at radius 3 is 2.00 bits per heavy atom. The molecule has 10 nitrogen and oxygen atoms in total. The molecule has 4 aromatic rings. The largest absolute Gasteiger partial charge is 0.497 e. The predicted octanol–water partition coefficient (Wildman–Crippen LogP) is 5.19. The van der Waals surface area contributed by atoms with Crippen molar-refractivity contribution >= 4 is 40.5 Å². The number of amides is 3. The molecule has 10 heteroatoms. The fraction of sp³-hybridized carbons (Fsp3) is 0.0870. The van der Waals surface area contributed by atoms with Crippen molar-refractivity contribution in [3.8, 4) is 17.2 Å². The Labute approximate surface area is 188 Å². The van der Waals surface area contributed by atoms with Crippen molar-refractivity contribution in [2.75, 3.05) is 30.2 Å². The fourth-order valence-corrected chi connectivity index (χ4v) is 2.97. The number of anilines is 3. The molecule has 0 radical (unpaired) electrons. The molecule has 0 fully saturated rings. The molecule has 0 saturated carbocycles. The lowest BCUT2D eigenvalue weighted by Crippen LogP contribution is -2.19. The van der Waals surface area contributed by atoms with Gasteiger partial charge >= 0.3 is 12.1 Å². The summed E-state index contributed by atoms with van der Waals surface area (Å²) in [4.78, 5) is 30.8. The normalized spacial score (nSPS) is 10.4. The molecule has 0 aliphatic rings. The first-order valence-electron chi connectivity index (χ1n) is 9.87. The number of aromatic amines is 1. The van der Waals surface area contributed by atoms with Gasteiger partial charge in [-0.2, -0.15) is 0 Å². The van der Waals surface area contributed by atoms with E-state index < -0.39 is 6.09 Å². The van der Waals surface area contributed by atoms with Gasteiger partial charge in [0.05, 0.1) is 25.3 Å². The van der Waals surface area contributed by atoms with E-state index in [-0.39, 0.29) is 12.0 Å². The number of fused-ring (bicyclic) bond motifs is 1. The Bertz CT molecular complexity index is 1270. The van der Waals surface area contributed by atoms with E-state index >= 15 is 0 Å². The number of benzene rings is 3. The zero-order chi connectivity index (χ0) is 23.2. The van der Waals surface area contributed by atoms with E-state index in [2.05, 4.69) is 30.7 Å². The van der Waals surface area contributed by atoms with E-state index in [9.17, 15) is 9.59 Å². The van der Waals surface area contributed by atoms with Crippen molar-refractivity contribution in [3.05, 3.63) is 66.7 Å². The number of hydrogen-bond donors (Lipinski definition) is 4. The maximum atomic E-state index is 12.2. The van der Waals surface area contributed by atoms with E-state index in [1.165, 1.54) is 7.11 Å². The number of urea groups is 1. The number of H-pyrrole nitrogens is 1. The number of methoxy groups -OCH3 is 2. The molecule has 0 unspecified atom stereocenters. The quantitative estimate of drug-likeness (QED) is 0.322. The summed E-state index contributed by atoms with van der Waals surface area (Å²) in [5, 5.41) is 7.99. The third-order valence-corrected chi connectivity index (χ3v) is 4.55. The highest BCUT2D eigenvalue weighted by Gasteiger charge is 2.08. The molecule has 1 heterocycles. The van der Waals surface area contributed by atoms with Gasteiger partial charge in [0.15, 0.2) is 0 Å². The zero-order valence-corrected chi connectivity index (χ0v) is 17.8. The highest BCUT2D eigenvalue weighted by atomic mass is 16.5. The minimum absolute atomic E-state index is 0.275. The van der Waals surface area contributed by atoms with Gasteiger partial charge in [-0.1, -0.05) is 0 Å². The number of hydrogen-bond acceptors (Lipinski definition) is 6. The van der Waals surface area contributed by atoms with Crippen LogP contribution in [-0.2, 0) is 4.74 Å². The van der Waals surface area contributed by atoms with Crippen LogP contribution < -0.4 is 25.4 Å². The first-order chi connectivity index (χ1) is 16.0. The average Bonchev–Trinajstić information content (AvgIpc) is 3.22. The summed E-state index contributed by atoms with van der Waals surface area (Å²) in [5.74, 6) is 2.15. The third kappa shape index (κ3) is 5.50. The van der Waals surface area contributed by atoms with Gasteiger partial charge in [-0.3, -0.25) is 5.32 Å². The van der Waals surface area contributed by atoms with Gasteiger partial charge < -0.3 is 29.8 Å². The van der Waals surface area contributed by atoms with E-state index in [0.717, 1.165) is 0 Å². The van der Waals surface area contributed by atoms with Crippen molar-refractivity contribution in [1.29, 1.82) is 0 Å². The summed E-state index contributed by atoms with van der Waals surface area (Å²) in [6.45, 7) is 0. The molecule has 4 rings (SSSR count). The Morgan fingerprint density at radius 1 is 0.788 bits per heavy atom. The molecule has 3 amide bonds. The maximum Gasteiger partial charge on any atom is 0.413 e. The van der Waals surface area contributed by atoms with Crippen LogP contribution in [0.15, 0.2) is 66.7 Å². The standard InChI is InChI=1S/C23H21N5O5/c1-31-16-7-3-14(4-8-16)24-22(29)25-15-5-9-17(10-6-15)33-18-11-12-19-20(13-18)27-21(26-19)28-23(30)32-2/h3-13H,1-2H3,(H2,24,25,29)(H2,26,27,28,30). The molecule has 0 aliphatic carbocycles. The van der Waals surface area contributed by atoms with Crippen LogP contribution in [0.2, 0.25) is 0 Å². The molecular weight excluding hydrogens is 426 g/mol. The molecule has 33 heavy (non-hydrogen) atoms. The SMILES string of the molecule is COC(=O)Nc1nc2ccc(Oc3ccc(NC(=O)Nc4ccc(OC)cc4)cc3)cc2[nH]1. The summed E-state index contributed by atoms with van der Waals surface area (Å²) in [7, 11) is 2.86. The summed E-state index contributed by atoms with van der Waals surface area (Å²) in [6.07, 6.45) is -0.614. The van der Waals surface area contributed by atoms with Crippen molar-refractivity contribution in [2.24, 2.45) is 0 Å². The monoisotopic (exact) mass is 447 g/mol. The topological polar surface area (TPSA) is 127 Å². The molecule has 0 atom stereocenters. The lowest BCUT2D eigenvalue weighted by Gasteiger charge is -2.10. The zero-order valence-electron chi connectivity index (χ0n) is 17.8. The van der Waals surface area contributed by atoms with E-state index in [1.54, 1.807) is 73.8 Å². The van der Waals surface area contributed by atoms with Crippen LogP contribution in [0.25, 0.3) is 11.0 Å². The molecule has 3 aromatic carbocycles. The van der Waals surface area contributed by atoms with Crippen LogP contribution in [0.4, 0.5) is 26.9 Å². The molecule has 0 bridgehead atoms. The Kier molecular flexibility index (Phi) is 6.26. The lowest BCUT2D eigenvalue weighted by molar-refractivity contribution is 0.186. The third-order valence-electron chi connectivity index (χ3n) is 4.55. The Balaban J connectivity index is 1.36. The number of imidazole rings is 1. The van der Waals surface area contributed by atoms with Gasteiger partial charge in [-0.25, -0.2) is 14.6 Å². The van der Waals surface area contributed by atoms with Gasteiger partial charge in [0.2, 0.25) is 5.95 Å². The van der Waals surface area contributed by atoms with E-state index in [1.807, 2.05) is 0 Å². The van der Waals surface area contributed by atoms with Crippen LogP contribution in [0.3, 0.4) is 0 Å². The number of carbonyl (C=O) groups is 2. The molecule has 0 spiro atoms. The lowest BCUT2D eigenvalue weighted by atomic mass is 10.3. The second kappa shape index (κ2) is 9.60. The van der Waals surface area contributed by atoms with Crippen molar-refractivity contribution < 1.29 is 23.8 Å².